The molecule has 1 fully saturated rings. The highest BCUT2D eigenvalue weighted by molar-refractivity contribution is 7.11. The first kappa shape index (κ1) is 12.0. The molecule has 1 aromatic heterocycles. The molecule has 1 aliphatic rings. The molecule has 0 spiro atoms. The largest absolute Gasteiger partial charge is 0.337 e. The van der Waals surface area contributed by atoms with Crippen molar-refractivity contribution in [2.24, 2.45) is 7.05 Å². The minimum Gasteiger partial charge on any atom is -0.337 e. The van der Waals surface area contributed by atoms with Crippen LogP contribution in [0, 0.1) is 6.92 Å². The normalized spacial score (nSPS) is 16.4. The second-order valence-corrected chi connectivity index (χ2v) is 5.13. The molecule has 0 radical (unpaired) electrons. The monoisotopic (exact) mass is 254 g/mol. The predicted molar refractivity (Wildman–Crippen MR) is 64.4 cm³/mol. The third-order valence-corrected chi connectivity index (χ3v) is 4.22. The number of hydrogen-bond donors (Lipinski definition) is 0. The first-order valence-corrected chi connectivity index (χ1v) is 6.29. The van der Waals surface area contributed by atoms with Crippen LogP contribution in [0.3, 0.4) is 0 Å². The van der Waals surface area contributed by atoms with E-state index in [1.807, 2.05) is 0 Å². The van der Waals surface area contributed by atoms with Gasteiger partial charge in [0.2, 0.25) is 0 Å². The Morgan fingerprint density at radius 1 is 1.24 bits per heavy atom. The summed E-state index contributed by atoms with van der Waals surface area (Å²) in [6, 6.07) is 0. The summed E-state index contributed by atoms with van der Waals surface area (Å²) in [6.45, 7) is 2.69. The summed E-state index contributed by atoms with van der Waals surface area (Å²) in [5.74, 6) is 0.0738. The second-order valence-electron chi connectivity index (χ2n) is 4.17. The summed E-state index contributed by atoms with van der Waals surface area (Å²) in [5, 5.41) is 0. The highest BCUT2D eigenvalue weighted by Gasteiger charge is 2.25. The zero-order valence-corrected chi connectivity index (χ0v) is 10.7. The molecule has 2 rings (SSSR count). The Morgan fingerprint density at radius 2 is 1.82 bits per heavy atom. The zero-order chi connectivity index (χ0) is 12.6. The number of thiazole rings is 1. The van der Waals surface area contributed by atoms with E-state index in [-0.39, 0.29) is 16.6 Å². The zero-order valence-electron chi connectivity index (χ0n) is 9.86. The number of amides is 1. The van der Waals surface area contributed by atoms with E-state index in [1.54, 1.807) is 18.9 Å². The van der Waals surface area contributed by atoms with Crippen molar-refractivity contribution in [2.45, 2.75) is 19.8 Å². The molecule has 0 aliphatic carbocycles. The Balaban J connectivity index is 2.22. The lowest BCUT2D eigenvalue weighted by atomic mass is 10.1. The van der Waals surface area contributed by atoms with Crippen LogP contribution in [0.5, 0.6) is 0 Å². The number of ketones is 1. The minimum absolute atomic E-state index is 0.126. The van der Waals surface area contributed by atoms with Crippen molar-refractivity contribution >= 4 is 23.0 Å². The van der Waals surface area contributed by atoms with Crippen LogP contribution >= 0.6 is 11.3 Å². The Morgan fingerprint density at radius 3 is 2.29 bits per heavy atom. The van der Waals surface area contributed by atoms with Crippen LogP contribution in [-0.4, -0.2) is 34.2 Å². The molecule has 1 saturated heterocycles. The fourth-order valence-corrected chi connectivity index (χ4v) is 2.77. The lowest BCUT2D eigenvalue weighted by molar-refractivity contribution is -0.120. The molecule has 17 heavy (non-hydrogen) atoms. The number of likely N-dealkylation sites (tertiary alicyclic amines) is 1. The van der Waals surface area contributed by atoms with E-state index in [1.165, 1.54) is 4.57 Å². The van der Waals surface area contributed by atoms with E-state index in [0.29, 0.717) is 36.5 Å². The number of carbonyl (C=O) groups excluding carboxylic acids is 2. The van der Waals surface area contributed by atoms with Crippen molar-refractivity contribution in [1.29, 1.82) is 0 Å². The predicted octanol–water partition coefficient (Wildman–Crippen LogP) is 0.560. The highest BCUT2D eigenvalue weighted by atomic mass is 32.1. The van der Waals surface area contributed by atoms with Crippen LogP contribution in [-0.2, 0) is 11.8 Å². The molecule has 0 bridgehead atoms. The van der Waals surface area contributed by atoms with Crippen molar-refractivity contribution in [2.75, 3.05) is 13.1 Å². The molecule has 0 N–H and O–H groups in total. The van der Waals surface area contributed by atoms with Crippen LogP contribution < -0.4 is 4.87 Å². The Bertz CT molecular complexity index is 519. The van der Waals surface area contributed by atoms with Gasteiger partial charge in [-0.3, -0.25) is 14.4 Å². The quantitative estimate of drug-likeness (QED) is 0.735. The maximum Gasteiger partial charge on any atom is 0.307 e. The summed E-state index contributed by atoms with van der Waals surface area (Å²) in [7, 11) is 1.66. The van der Waals surface area contributed by atoms with Gasteiger partial charge in [0.15, 0.2) is 0 Å². The van der Waals surface area contributed by atoms with Gasteiger partial charge in [0.25, 0.3) is 5.91 Å². The fourth-order valence-electron chi connectivity index (χ4n) is 1.82. The van der Waals surface area contributed by atoms with Gasteiger partial charge in [0, 0.05) is 38.7 Å². The average molecular weight is 254 g/mol. The molecule has 0 atom stereocenters. The van der Waals surface area contributed by atoms with Crippen molar-refractivity contribution in [3.8, 4) is 0 Å². The topological polar surface area (TPSA) is 59.4 Å². The van der Waals surface area contributed by atoms with Crippen molar-refractivity contribution in [3.63, 3.8) is 0 Å². The van der Waals surface area contributed by atoms with Gasteiger partial charge in [-0.1, -0.05) is 11.3 Å². The van der Waals surface area contributed by atoms with Gasteiger partial charge in [-0.2, -0.15) is 0 Å². The van der Waals surface area contributed by atoms with E-state index in [2.05, 4.69) is 0 Å². The van der Waals surface area contributed by atoms with Gasteiger partial charge in [0.1, 0.15) is 10.7 Å². The lowest BCUT2D eigenvalue weighted by Gasteiger charge is -2.25. The number of hydrogen-bond acceptors (Lipinski definition) is 4. The van der Waals surface area contributed by atoms with Crippen LogP contribution in [0.15, 0.2) is 4.79 Å². The fraction of sp³-hybridized carbons (Fsp3) is 0.545. The smallest absolute Gasteiger partial charge is 0.307 e. The Labute approximate surface area is 103 Å². The molecule has 0 aromatic carbocycles. The summed E-state index contributed by atoms with van der Waals surface area (Å²) < 4.78 is 1.48. The summed E-state index contributed by atoms with van der Waals surface area (Å²) in [4.78, 5) is 36.7. The van der Waals surface area contributed by atoms with Crippen molar-refractivity contribution < 1.29 is 9.59 Å². The maximum absolute atomic E-state index is 12.2. The SMILES string of the molecule is Cc1c(C(=O)N2CCC(=O)CC2)sc(=O)n1C. The molecule has 1 aromatic rings. The summed E-state index contributed by atoms with van der Waals surface area (Å²) in [6.07, 6.45) is 0.846. The van der Waals surface area contributed by atoms with E-state index < -0.39 is 0 Å². The first-order chi connectivity index (χ1) is 8.00. The van der Waals surface area contributed by atoms with E-state index >= 15 is 0 Å². The van der Waals surface area contributed by atoms with Crippen LogP contribution in [0.2, 0.25) is 0 Å². The summed E-state index contributed by atoms with van der Waals surface area (Å²) >= 11 is 0.975. The number of nitrogens with zero attached hydrogens (tertiary/aromatic N) is 2. The molecule has 0 unspecified atom stereocenters. The van der Waals surface area contributed by atoms with Crippen LogP contribution in [0.1, 0.15) is 28.2 Å². The average Bonchev–Trinajstić information content (AvgIpc) is 2.57. The third kappa shape index (κ3) is 2.17. The number of rotatable bonds is 1. The van der Waals surface area contributed by atoms with Crippen molar-refractivity contribution in [3.05, 3.63) is 20.2 Å². The number of piperidine rings is 1. The van der Waals surface area contributed by atoms with Gasteiger partial charge in [0.05, 0.1) is 0 Å². The molecular weight excluding hydrogens is 240 g/mol. The van der Waals surface area contributed by atoms with E-state index in [4.69, 9.17) is 0 Å². The first-order valence-electron chi connectivity index (χ1n) is 5.48. The van der Waals surface area contributed by atoms with Gasteiger partial charge < -0.3 is 9.47 Å². The Hall–Kier alpha value is -1.43. The highest BCUT2D eigenvalue weighted by Crippen LogP contribution is 2.16. The molecule has 6 heteroatoms. The van der Waals surface area contributed by atoms with E-state index in [0.717, 1.165) is 11.3 Å². The molecule has 1 aliphatic heterocycles. The molecule has 2 heterocycles. The van der Waals surface area contributed by atoms with E-state index in [9.17, 15) is 14.4 Å². The van der Waals surface area contributed by atoms with Gasteiger partial charge in [-0.15, -0.1) is 0 Å². The minimum atomic E-state index is -0.127. The van der Waals surface area contributed by atoms with Gasteiger partial charge in [-0.05, 0) is 6.92 Å². The molecule has 1 amide bonds. The molecule has 92 valence electrons. The summed E-state index contributed by atoms with van der Waals surface area (Å²) in [5.41, 5.74) is 0.696. The third-order valence-electron chi connectivity index (χ3n) is 3.10. The van der Waals surface area contributed by atoms with Gasteiger partial charge in [-0.25, -0.2) is 0 Å². The molecule has 0 saturated carbocycles. The standard InChI is InChI=1S/C11H14N2O3S/c1-7-9(17-11(16)12(7)2)10(15)13-5-3-8(14)4-6-13/h3-6H2,1-2H3. The number of aromatic nitrogens is 1. The van der Waals surface area contributed by atoms with Gasteiger partial charge >= 0.3 is 4.87 Å². The second kappa shape index (κ2) is 4.44. The lowest BCUT2D eigenvalue weighted by Crippen LogP contribution is -2.38. The molecule has 5 nitrogen and oxygen atoms in total. The van der Waals surface area contributed by atoms with Crippen LogP contribution in [0.4, 0.5) is 0 Å². The number of carbonyl (C=O) groups is 2. The Kier molecular flexibility index (Phi) is 3.15. The molecular formula is C11H14N2O3S. The van der Waals surface area contributed by atoms with Crippen LogP contribution in [0.25, 0.3) is 0 Å². The maximum atomic E-state index is 12.2. The number of Topliss-reactive ketones (excluding diaryl/α,β-unsaturated/α-hetero) is 1. The van der Waals surface area contributed by atoms with Crippen molar-refractivity contribution in [1.82, 2.24) is 9.47 Å².